The number of rotatable bonds is 4. The largest absolute Gasteiger partial charge is 0.398 e. The fourth-order valence-electron chi connectivity index (χ4n) is 1.80. The van der Waals surface area contributed by atoms with E-state index in [0.717, 1.165) is 14.9 Å². The Labute approximate surface area is 141 Å². The second-order valence-electron chi connectivity index (χ2n) is 4.66. The van der Waals surface area contributed by atoms with Crippen LogP contribution in [0.4, 0.5) is 5.69 Å². The van der Waals surface area contributed by atoms with Crippen LogP contribution < -0.4 is 5.73 Å². The molecule has 114 valence electrons. The Bertz CT molecular complexity index is 774. The number of halogens is 2. The SMILES string of the molecule is Cc1cc(Cl)c(S(=O)(=O)N(C)Cc2csc(Br)c2)cc1N. The highest BCUT2D eigenvalue weighted by Gasteiger charge is 2.24. The van der Waals surface area contributed by atoms with Gasteiger partial charge in [0.2, 0.25) is 10.0 Å². The third-order valence-electron chi connectivity index (χ3n) is 3.04. The number of sulfonamides is 1. The van der Waals surface area contributed by atoms with Gasteiger partial charge in [-0.3, -0.25) is 0 Å². The second kappa shape index (κ2) is 6.26. The lowest BCUT2D eigenvalue weighted by Gasteiger charge is -2.18. The van der Waals surface area contributed by atoms with Crippen molar-refractivity contribution in [1.29, 1.82) is 0 Å². The Morgan fingerprint density at radius 2 is 2.05 bits per heavy atom. The fourth-order valence-corrected chi connectivity index (χ4v) is 4.75. The van der Waals surface area contributed by atoms with Crippen LogP contribution >= 0.6 is 38.9 Å². The van der Waals surface area contributed by atoms with Crippen LogP contribution in [0.25, 0.3) is 0 Å². The van der Waals surface area contributed by atoms with Crippen LogP contribution in [0.15, 0.2) is 32.3 Å². The predicted molar refractivity (Wildman–Crippen MR) is 91.3 cm³/mol. The maximum absolute atomic E-state index is 12.6. The molecule has 2 aromatic rings. The number of hydrogen-bond acceptors (Lipinski definition) is 4. The van der Waals surface area contributed by atoms with Crippen LogP contribution in [0.3, 0.4) is 0 Å². The van der Waals surface area contributed by atoms with E-state index < -0.39 is 10.0 Å². The van der Waals surface area contributed by atoms with Gasteiger partial charge in [0, 0.05) is 19.3 Å². The highest BCUT2D eigenvalue weighted by atomic mass is 79.9. The topological polar surface area (TPSA) is 63.4 Å². The molecular formula is C13H14BrClN2O2S2. The highest BCUT2D eigenvalue weighted by Crippen LogP contribution is 2.30. The van der Waals surface area contributed by atoms with E-state index in [1.165, 1.54) is 28.8 Å². The van der Waals surface area contributed by atoms with Crippen LogP contribution in [-0.2, 0) is 16.6 Å². The van der Waals surface area contributed by atoms with E-state index in [2.05, 4.69) is 15.9 Å². The van der Waals surface area contributed by atoms with Crippen molar-refractivity contribution in [2.45, 2.75) is 18.4 Å². The van der Waals surface area contributed by atoms with Crippen molar-refractivity contribution in [1.82, 2.24) is 4.31 Å². The van der Waals surface area contributed by atoms with Gasteiger partial charge in [-0.05, 0) is 57.6 Å². The Hall–Kier alpha value is -0.600. The number of nitrogens with two attached hydrogens (primary N) is 1. The number of nitrogen functional groups attached to an aromatic ring is 1. The van der Waals surface area contributed by atoms with E-state index in [9.17, 15) is 8.42 Å². The van der Waals surface area contributed by atoms with Crippen molar-refractivity contribution >= 4 is 54.6 Å². The number of hydrogen-bond donors (Lipinski definition) is 1. The van der Waals surface area contributed by atoms with Crippen LogP contribution in [-0.4, -0.2) is 19.8 Å². The average molecular weight is 410 g/mol. The van der Waals surface area contributed by atoms with E-state index in [-0.39, 0.29) is 16.5 Å². The third kappa shape index (κ3) is 3.60. The summed E-state index contributed by atoms with van der Waals surface area (Å²) in [7, 11) is -2.17. The first-order valence-electron chi connectivity index (χ1n) is 5.96. The molecule has 0 bridgehead atoms. The summed E-state index contributed by atoms with van der Waals surface area (Å²) in [5, 5.41) is 2.08. The maximum Gasteiger partial charge on any atom is 0.244 e. The van der Waals surface area contributed by atoms with Gasteiger partial charge < -0.3 is 5.73 Å². The molecule has 0 aliphatic carbocycles. The number of benzene rings is 1. The van der Waals surface area contributed by atoms with Gasteiger partial charge in [-0.2, -0.15) is 4.31 Å². The van der Waals surface area contributed by atoms with Gasteiger partial charge in [0.15, 0.2) is 0 Å². The van der Waals surface area contributed by atoms with Gasteiger partial charge >= 0.3 is 0 Å². The lowest BCUT2D eigenvalue weighted by molar-refractivity contribution is 0.467. The van der Waals surface area contributed by atoms with Gasteiger partial charge in [-0.25, -0.2) is 8.42 Å². The molecule has 0 saturated carbocycles. The molecule has 0 spiro atoms. The predicted octanol–water partition coefficient (Wildman–Crippen LogP) is 3.88. The molecule has 0 aliphatic heterocycles. The normalized spacial score (nSPS) is 12.0. The summed E-state index contributed by atoms with van der Waals surface area (Å²) in [6.45, 7) is 2.05. The Kier molecular flexibility index (Phi) is 4.99. The van der Waals surface area contributed by atoms with Crippen LogP contribution in [0, 0.1) is 6.92 Å². The number of aryl methyl sites for hydroxylation is 1. The smallest absolute Gasteiger partial charge is 0.244 e. The van der Waals surface area contributed by atoms with E-state index in [4.69, 9.17) is 17.3 Å². The summed E-state index contributed by atoms with van der Waals surface area (Å²) in [5.74, 6) is 0. The lowest BCUT2D eigenvalue weighted by Crippen LogP contribution is -2.26. The van der Waals surface area contributed by atoms with Crippen molar-refractivity contribution in [2.75, 3.05) is 12.8 Å². The monoisotopic (exact) mass is 408 g/mol. The fraction of sp³-hybridized carbons (Fsp3) is 0.231. The van der Waals surface area contributed by atoms with E-state index in [1.54, 1.807) is 13.0 Å². The van der Waals surface area contributed by atoms with Crippen LogP contribution in [0.5, 0.6) is 0 Å². The Balaban J connectivity index is 2.35. The van der Waals surface area contributed by atoms with Gasteiger partial charge in [0.05, 0.1) is 8.81 Å². The molecule has 0 saturated heterocycles. The number of anilines is 1. The molecule has 0 aliphatic rings. The standard InChI is InChI=1S/C13H14BrClN2O2S2/c1-8-3-10(15)12(5-11(8)16)21(18,19)17(2)6-9-4-13(14)20-7-9/h3-5,7H,6,16H2,1-2H3. The van der Waals surface area contributed by atoms with Gasteiger partial charge in [-0.15, -0.1) is 11.3 Å². The van der Waals surface area contributed by atoms with E-state index in [0.29, 0.717) is 5.69 Å². The molecular weight excluding hydrogens is 396 g/mol. The van der Waals surface area contributed by atoms with E-state index in [1.807, 2.05) is 11.4 Å². The molecule has 4 nitrogen and oxygen atoms in total. The minimum Gasteiger partial charge on any atom is -0.398 e. The van der Waals surface area contributed by atoms with Gasteiger partial charge in [-0.1, -0.05) is 11.6 Å². The summed E-state index contributed by atoms with van der Waals surface area (Å²) in [6, 6.07) is 4.87. The van der Waals surface area contributed by atoms with Crippen molar-refractivity contribution in [3.05, 3.63) is 43.5 Å². The van der Waals surface area contributed by atoms with Crippen molar-refractivity contribution in [2.24, 2.45) is 0 Å². The summed E-state index contributed by atoms with van der Waals surface area (Å²) in [6.07, 6.45) is 0. The first-order valence-corrected chi connectivity index (χ1v) is 9.45. The molecule has 1 aromatic carbocycles. The minimum atomic E-state index is -3.69. The first-order chi connectivity index (χ1) is 9.71. The molecule has 2 N–H and O–H groups in total. The molecule has 0 radical (unpaired) electrons. The summed E-state index contributed by atoms with van der Waals surface area (Å²) in [4.78, 5) is 0.0315. The molecule has 1 aromatic heterocycles. The van der Waals surface area contributed by atoms with Crippen LogP contribution in [0.1, 0.15) is 11.1 Å². The summed E-state index contributed by atoms with van der Waals surface area (Å²) < 4.78 is 27.4. The Morgan fingerprint density at radius 1 is 1.38 bits per heavy atom. The molecule has 0 atom stereocenters. The summed E-state index contributed by atoms with van der Waals surface area (Å²) in [5.41, 5.74) is 7.87. The minimum absolute atomic E-state index is 0.0315. The molecule has 0 unspecified atom stereocenters. The maximum atomic E-state index is 12.6. The van der Waals surface area contributed by atoms with Gasteiger partial charge in [0.25, 0.3) is 0 Å². The molecule has 1 heterocycles. The van der Waals surface area contributed by atoms with Crippen LogP contribution in [0.2, 0.25) is 5.02 Å². The molecule has 0 amide bonds. The zero-order valence-corrected chi connectivity index (χ0v) is 15.4. The zero-order valence-electron chi connectivity index (χ0n) is 11.4. The summed E-state index contributed by atoms with van der Waals surface area (Å²) >= 11 is 10.9. The second-order valence-corrected chi connectivity index (χ2v) is 9.37. The molecule has 21 heavy (non-hydrogen) atoms. The molecule has 0 fully saturated rings. The van der Waals surface area contributed by atoms with Crippen molar-refractivity contribution in [3.63, 3.8) is 0 Å². The van der Waals surface area contributed by atoms with E-state index >= 15 is 0 Å². The third-order valence-corrected chi connectivity index (χ3v) is 6.86. The first kappa shape index (κ1) is 16.8. The lowest BCUT2D eigenvalue weighted by atomic mass is 10.2. The molecule has 8 heteroatoms. The quantitative estimate of drug-likeness (QED) is 0.780. The van der Waals surface area contributed by atoms with Crippen molar-refractivity contribution in [3.8, 4) is 0 Å². The van der Waals surface area contributed by atoms with Gasteiger partial charge in [0.1, 0.15) is 4.90 Å². The zero-order chi connectivity index (χ0) is 15.8. The Morgan fingerprint density at radius 3 is 2.62 bits per heavy atom. The number of thiophene rings is 1. The average Bonchev–Trinajstić information content (AvgIpc) is 2.79. The highest BCUT2D eigenvalue weighted by molar-refractivity contribution is 9.11. The van der Waals surface area contributed by atoms with Crippen molar-refractivity contribution < 1.29 is 8.42 Å². The molecule has 2 rings (SSSR count). The number of nitrogens with zero attached hydrogens (tertiary/aromatic N) is 1.